The molecule has 0 saturated heterocycles. The van der Waals surface area contributed by atoms with Crippen LogP contribution in [0.3, 0.4) is 0 Å². The second-order valence-electron chi connectivity index (χ2n) is 5.45. The number of hydrogen-bond donors (Lipinski definition) is 2. The molecule has 0 unspecified atom stereocenters. The van der Waals surface area contributed by atoms with Gasteiger partial charge in [-0.25, -0.2) is 0 Å². The van der Waals surface area contributed by atoms with E-state index >= 15 is 0 Å². The van der Waals surface area contributed by atoms with Crippen LogP contribution >= 0.6 is 0 Å². The monoisotopic (exact) mass is 293 g/mol. The minimum Gasteiger partial charge on any atom is -0.409 e. The predicted octanol–water partition coefficient (Wildman–Crippen LogP) is 3.00. The first kappa shape index (κ1) is 17.3. The largest absolute Gasteiger partial charge is 0.409 e. The maximum atomic E-state index is 12.3. The van der Waals surface area contributed by atoms with E-state index in [4.69, 9.17) is 10.9 Å². The molecule has 0 aromatic carbocycles. The van der Waals surface area contributed by atoms with Gasteiger partial charge in [0.1, 0.15) is 0 Å². The predicted molar refractivity (Wildman–Crippen MR) is 85.9 cm³/mol. The minimum atomic E-state index is -0.184. The molecule has 1 aromatic heterocycles. The van der Waals surface area contributed by atoms with Gasteiger partial charge in [0.25, 0.3) is 5.56 Å². The third-order valence-corrected chi connectivity index (χ3v) is 3.76. The number of aromatic nitrogens is 1. The van der Waals surface area contributed by atoms with Crippen LogP contribution in [-0.4, -0.2) is 15.6 Å². The van der Waals surface area contributed by atoms with E-state index in [0.29, 0.717) is 6.54 Å². The third kappa shape index (κ3) is 5.25. The number of hydrogen-bond acceptors (Lipinski definition) is 3. The summed E-state index contributed by atoms with van der Waals surface area (Å²) in [6, 6.07) is 3.43. The van der Waals surface area contributed by atoms with E-state index in [1.807, 2.05) is 13.0 Å². The summed E-state index contributed by atoms with van der Waals surface area (Å²) in [5.74, 6) is -0.131. The first-order valence-corrected chi connectivity index (χ1v) is 7.80. The Hall–Kier alpha value is -1.78. The van der Waals surface area contributed by atoms with Gasteiger partial charge in [-0.3, -0.25) is 4.79 Å². The van der Waals surface area contributed by atoms with Crippen LogP contribution in [-0.2, 0) is 6.54 Å². The summed E-state index contributed by atoms with van der Waals surface area (Å²) in [6.07, 6.45) is 8.46. The van der Waals surface area contributed by atoms with E-state index in [2.05, 4.69) is 12.1 Å². The lowest BCUT2D eigenvalue weighted by atomic mass is 10.1. The molecule has 0 bridgehead atoms. The highest BCUT2D eigenvalue weighted by Crippen LogP contribution is 2.08. The maximum Gasteiger partial charge on any atom is 0.261 e. The van der Waals surface area contributed by atoms with Crippen LogP contribution in [0.25, 0.3) is 0 Å². The summed E-state index contributed by atoms with van der Waals surface area (Å²) >= 11 is 0. The fourth-order valence-electron chi connectivity index (χ4n) is 2.42. The van der Waals surface area contributed by atoms with E-state index < -0.39 is 0 Å². The average molecular weight is 293 g/mol. The van der Waals surface area contributed by atoms with Gasteiger partial charge in [0, 0.05) is 12.2 Å². The molecule has 0 aliphatic heterocycles. The molecule has 0 spiro atoms. The first-order valence-electron chi connectivity index (χ1n) is 7.80. The molecule has 5 nitrogen and oxygen atoms in total. The van der Waals surface area contributed by atoms with Crippen LogP contribution in [0, 0.1) is 6.92 Å². The molecule has 0 aliphatic rings. The Bertz CT molecular complexity index is 521. The van der Waals surface area contributed by atoms with Gasteiger partial charge < -0.3 is 15.5 Å². The minimum absolute atomic E-state index is 0.131. The molecule has 1 aromatic rings. The highest BCUT2D eigenvalue weighted by molar-refractivity contribution is 5.96. The number of amidine groups is 1. The molecule has 5 heteroatoms. The van der Waals surface area contributed by atoms with Gasteiger partial charge >= 0.3 is 0 Å². The lowest BCUT2D eigenvalue weighted by molar-refractivity contribution is 0.318. The van der Waals surface area contributed by atoms with Crippen molar-refractivity contribution in [3.63, 3.8) is 0 Å². The number of oxime groups is 1. The summed E-state index contributed by atoms with van der Waals surface area (Å²) in [5.41, 5.74) is 6.50. The fraction of sp³-hybridized carbons (Fsp3) is 0.625. The van der Waals surface area contributed by atoms with Gasteiger partial charge in [-0.15, -0.1) is 0 Å². The summed E-state index contributed by atoms with van der Waals surface area (Å²) in [7, 11) is 0. The van der Waals surface area contributed by atoms with Crippen LogP contribution < -0.4 is 11.3 Å². The summed E-state index contributed by atoms with van der Waals surface area (Å²) in [6.45, 7) is 4.80. The summed E-state index contributed by atoms with van der Waals surface area (Å²) in [4.78, 5) is 12.3. The number of rotatable bonds is 9. The van der Waals surface area contributed by atoms with Gasteiger partial charge in [0.2, 0.25) is 0 Å². The maximum absolute atomic E-state index is 12.3. The Morgan fingerprint density at radius 3 is 2.43 bits per heavy atom. The third-order valence-electron chi connectivity index (χ3n) is 3.76. The molecule has 0 atom stereocenters. The Balaban J connectivity index is 2.57. The number of nitrogens with zero attached hydrogens (tertiary/aromatic N) is 2. The van der Waals surface area contributed by atoms with Crippen molar-refractivity contribution >= 4 is 5.84 Å². The van der Waals surface area contributed by atoms with Crippen molar-refractivity contribution in [3.05, 3.63) is 33.7 Å². The zero-order chi connectivity index (χ0) is 15.7. The molecule has 1 rings (SSSR count). The summed E-state index contributed by atoms with van der Waals surface area (Å²) < 4.78 is 1.71. The Morgan fingerprint density at radius 1 is 1.19 bits per heavy atom. The van der Waals surface area contributed by atoms with E-state index in [9.17, 15) is 4.79 Å². The first-order chi connectivity index (χ1) is 10.1. The van der Waals surface area contributed by atoms with Gasteiger partial charge in [-0.1, -0.05) is 50.6 Å². The zero-order valence-corrected chi connectivity index (χ0v) is 13.1. The summed E-state index contributed by atoms with van der Waals surface area (Å²) in [5, 5.41) is 11.6. The van der Waals surface area contributed by atoms with Gasteiger partial charge in [0.05, 0.1) is 5.56 Å². The van der Waals surface area contributed by atoms with E-state index in [1.165, 1.54) is 32.1 Å². The average Bonchev–Trinajstić information content (AvgIpc) is 2.48. The molecule has 0 fully saturated rings. The van der Waals surface area contributed by atoms with Gasteiger partial charge in [-0.05, 0) is 25.5 Å². The molecular formula is C16H27N3O2. The van der Waals surface area contributed by atoms with Gasteiger partial charge in [0.15, 0.2) is 5.84 Å². The highest BCUT2D eigenvalue weighted by Gasteiger charge is 2.09. The molecule has 118 valence electrons. The van der Waals surface area contributed by atoms with Gasteiger partial charge in [-0.2, -0.15) is 0 Å². The normalized spacial score (nSPS) is 11.8. The Morgan fingerprint density at radius 2 is 1.81 bits per heavy atom. The standard InChI is InChI=1S/C16H27N3O2/c1-3-4-5-6-7-8-9-12-19-13(2)10-11-14(16(19)20)15(17)18-21/h10-11,21H,3-9,12H2,1-2H3,(H2,17,18). The van der Waals surface area contributed by atoms with Crippen molar-refractivity contribution in [2.24, 2.45) is 10.9 Å². The second-order valence-corrected chi connectivity index (χ2v) is 5.45. The molecule has 3 N–H and O–H groups in total. The smallest absolute Gasteiger partial charge is 0.261 e. The van der Waals surface area contributed by atoms with Crippen molar-refractivity contribution in [1.82, 2.24) is 4.57 Å². The van der Waals surface area contributed by atoms with Crippen molar-refractivity contribution in [1.29, 1.82) is 0 Å². The molecule has 1 heterocycles. The lowest BCUT2D eigenvalue weighted by Gasteiger charge is -2.11. The molecule has 0 radical (unpaired) electrons. The quantitative estimate of drug-likeness (QED) is 0.241. The lowest BCUT2D eigenvalue weighted by Crippen LogP contribution is -2.31. The van der Waals surface area contributed by atoms with Crippen molar-refractivity contribution < 1.29 is 5.21 Å². The number of pyridine rings is 1. The van der Waals surface area contributed by atoms with Crippen LogP contribution in [0.4, 0.5) is 0 Å². The van der Waals surface area contributed by atoms with Crippen LogP contribution in [0.2, 0.25) is 0 Å². The van der Waals surface area contributed by atoms with Crippen molar-refractivity contribution in [2.75, 3.05) is 0 Å². The molecule has 21 heavy (non-hydrogen) atoms. The van der Waals surface area contributed by atoms with E-state index in [0.717, 1.165) is 18.5 Å². The van der Waals surface area contributed by atoms with Crippen LogP contribution in [0.15, 0.2) is 22.1 Å². The van der Waals surface area contributed by atoms with E-state index in [1.54, 1.807) is 10.6 Å². The number of unbranched alkanes of at least 4 members (excludes halogenated alkanes) is 6. The Kier molecular flexibility index (Phi) is 7.58. The fourth-order valence-corrected chi connectivity index (χ4v) is 2.42. The van der Waals surface area contributed by atoms with Crippen molar-refractivity contribution in [2.45, 2.75) is 65.3 Å². The zero-order valence-electron chi connectivity index (χ0n) is 13.1. The molecule has 0 amide bonds. The molecule has 0 saturated carbocycles. The second kappa shape index (κ2) is 9.21. The van der Waals surface area contributed by atoms with Crippen LogP contribution in [0.5, 0.6) is 0 Å². The SMILES string of the molecule is CCCCCCCCCn1c(C)ccc(/C(N)=N/O)c1=O. The topological polar surface area (TPSA) is 80.6 Å². The van der Waals surface area contributed by atoms with Crippen molar-refractivity contribution in [3.8, 4) is 0 Å². The Labute approximate surface area is 126 Å². The molecule has 0 aliphatic carbocycles. The van der Waals surface area contributed by atoms with E-state index in [-0.39, 0.29) is 17.0 Å². The number of aryl methyl sites for hydroxylation is 1. The number of nitrogens with two attached hydrogens (primary N) is 1. The highest BCUT2D eigenvalue weighted by atomic mass is 16.4. The van der Waals surface area contributed by atoms with Crippen LogP contribution in [0.1, 0.15) is 63.1 Å². The molecular weight excluding hydrogens is 266 g/mol.